The summed E-state index contributed by atoms with van der Waals surface area (Å²) in [6, 6.07) is 14.9. The minimum atomic E-state index is -0.0698. The zero-order chi connectivity index (χ0) is 18.1. The first-order valence-corrected chi connectivity index (χ1v) is 8.99. The van der Waals surface area contributed by atoms with Crippen LogP contribution in [0, 0.1) is 0 Å². The maximum atomic E-state index is 12.3. The Labute approximate surface area is 151 Å². The van der Waals surface area contributed by atoms with Crippen LogP contribution in [0.3, 0.4) is 0 Å². The van der Waals surface area contributed by atoms with Crippen molar-refractivity contribution in [1.29, 1.82) is 0 Å². The number of fused-ring (bicyclic) bond motifs is 1. The van der Waals surface area contributed by atoms with Gasteiger partial charge in [0.2, 0.25) is 0 Å². The van der Waals surface area contributed by atoms with Gasteiger partial charge in [-0.1, -0.05) is 12.1 Å². The number of hydrogen-bond acceptors (Lipinski definition) is 4. The van der Waals surface area contributed by atoms with Gasteiger partial charge < -0.3 is 19.9 Å². The first-order valence-electron chi connectivity index (χ1n) is 8.99. The van der Waals surface area contributed by atoms with Crippen molar-refractivity contribution in [3.05, 3.63) is 64.7 Å². The van der Waals surface area contributed by atoms with E-state index in [1.807, 2.05) is 30.3 Å². The molecule has 0 amide bonds. The number of anilines is 1. The number of nitrogens with one attached hydrogen (secondary N) is 2. The Balaban J connectivity index is 1.49. The molecule has 4 rings (SSSR count). The number of phenolic OH excluding ortho intramolecular Hbond substituents is 1. The van der Waals surface area contributed by atoms with E-state index in [0.717, 1.165) is 43.2 Å². The number of hydrogen-bond donors (Lipinski definition) is 3. The third-order valence-electron chi connectivity index (χ3n) is 5.27. The van der Waals surface area contributed by atoms with E-state index in [2.05, 4.69) is 21.8 Å². The predicted molar refractivity (Wildman–Crippen MR) is 102 cm³/mol. The molecule has 3 N–H and O–H groups in total. The van der Waals surface area contributed by atoms with Crippen LogP contribution < -0.4 is 15.4 Å². The van der Waals surface area contributed by atoms with E-state index in [1.54, 1.807) is 18.2 Å². The van der Waals surface area contributed by atoms with E-state index >= 15 is 0 Å². The largest absolute Gasteiger partial charge is 0.508 e. The Kier molecular flexibility index (Phi) is 4.34. The number of benzene rings is 2. The Hall–Kier alpha value is -2.86. The van der Waals surface area contributed by atoms with E-state index < -0.39 is 0 Å². The quantitative estimate of drug-likeness (QED) is 0.661. The van der Waals surface area contributed by atoms with Crippen molar-refractivity contribution in [2.24, 2.45) is 0 Å². The number of quaternary nitrogens is 1. The van der Waals surface area contributed by atoms with E-state index in [4.69, 9.17) is 0 Å². The second-order valence-corrected chi connectivity index (χ2v) is 6.85. The normalized spacial score (nSPS) is 16.7. The first-order chi connectivity index (χ1) is 12.6. The molecule has 0 bridgehead atoms. The molecular formula is C20H23N4O2+. The molecule has 1 fully saturated rings. The number of para-hydroxylation sites is 1. The van der Waals surface area contributed by atoms with Crippen molar-refractivity contribution >= 4 is 16.6 Å². The summed E-state index contributed by atoms with van der Waals surface area (Å²) in [7, 11) is 0. The molecule has 0 spiro atoms. The highest BCUT2D eigenvalue weighted by Crippen LogP contribution is 2.18. The fraction of sp³-hybridized carbons (Fsp3) is 0.300. The van der Waals surface area contributed by atoms with Gasteiger partial charge in [0.15, 0.2) is 5.82 Å². The molecule has 6 heteroatoms. The number of H-pyrrole nitrogens is 1. The number of aromatic nitrogens is 2. The number of piperazine rings is 1. The molecule has 1 aliphatic heterocycles. The highest BCUT2D eigenvalue weighted by molar-refractivity contribution is 5.77. The monoisotopic (exact) mass is 351 g/mol. The van der Waals surface area contributed by atoms with Crippen molar-refractivity contribution in [2.75, 3.05) is 31.1 Å². The molecule has 0 radical (unpaired) electrons. The summed E-state index contributed by atoms with van der Waals surface area (Å²) < 4.78 is 0. The van der Waals surface area contributed by atoms with Gasteiger partial charge in [-0.15, -0.1) is 0 Å². The lowest BCUT2D eigenvalue weighted by Gasteiger charge is -2.36. The second kappa shape index (κ2) is 6.80. The standard InChI is InChI=1S/C20H22N4O2/c1-14(19-21-18-5-3-2-4-17(18)20(26)22-19)23-10-12-24(13-11-23)15-6-8-16(25)9-7-15/h2-9,14,25H,10-13H2,1H3,(H,21,22,26)/p+1/t14-/m0/s1. The van der Waals surface area contributed by atoms with E-state index in [-0.39, 0.29) is 17.4 Å². The summed E-state index contributed by atoms with van der Waals surface area (Å²) in [6.45, 7) is 5.93. The summed E-state index contributed by atoms with van der Waals surface area (Å²) in [6.07, 6.45) is 0. The molecule has 0 saturated carbocycles. The van der Waals surface area contributed by atoms with Crippen LogP contribution in [0.1, 0.15) is 18.8 Å². The van der Waals surface area contributed by atoms with Crippen LogP contribution >= 0.6 is 0 Å². The zero-order valence-corrected chi connectivity index (χ0v) is 14.8. The molecule has 0 aliphatic carbocycles. The Morgan fingerprint density at radius 1 is 1.12 bits per heavy atom. The summed E-state index contributed by atoms with van der Waals surface area (Å²) in [4.78, 5) is 23.7. The maximum absolute atomic E-state index is 12.3. The van der Waals surface area contributed by atoms with E-state index in [0.29, 0.717) is 5.39 Å². The maximum Gasteiger partial charge on any atom is 0.258 e. The summed E-state index contributed by atoms with van der Waals surface area (Å²) in [5.74, 6) is 1.04. The number of aromatic hydroxyl groups is 1. The molecule has 1 aliphatic rings. The van der Waals surface area contributed by atoms with Gasteiger partial charge in [0.25, 0.3) is 5.56 Å². The lowest BCUT2D eigenvalue weighted by atomic mass is 10.2. The summed E-state index contributed by atoms with van der Waals surface area (Å²) >= 11 is 0. The second-order valence-electron chi connectivity index (χ2n) is 6.85. The molecule has 3 aromatic rings. The highest BCUT2D eigenvalue weighted by atomic mass is 16.3. The Morgan fingerprint density at radius 3 is 2.54 bits per heavy atom. The number of phenols is 1. The van der Waals surface area contributed by atoms with Gasteiger partial charge in [0.1, 0.15) is 11.8 Å². The average Bonchev–Trinajstić information content (AvgIpc) is 2.68. The molecule has 6 nitrogen and oxygen atoms in total. The fourth-order valence-corrected chi connectivity index (χ4v) is 3.65. The van der Waals surface area contributed by atoms with E-state index in [1.165, 1.54) is 4.90 Å². The van der Waals surface area contributed by atoms with Crippen LogP contribution in [-0.2, 0) is 0 Å². The molecule has 0 unspecified atom stereocenters. The van der Waals surface area contributed by atoms with Gasteiger partial charge in [-0.3, -0.25) is 4.79 Å². The minimum absolute atomic E-state index is 0.0698. The van der Waals surface area contributed by atoms with Gasteiger partial charge >= 0.3 is 0 Å². The Morgan fingerprint density at radius 2 is 1.81 bits per heavy atom. The topological polar surface area (TPSA) is 73.7 Å². The molecule has 1 aromatic heterocycles. The SMILES string of the molecule is C[C@@H](c1nc2ccccc2c(=O)[nH]1)[NH+]1CCN(c2ccc(O)cc2)CC1. The third-order valence-corrected chi connectivity index (χ3v) is 5.27. The van der Waals surface area contributed by atoms with Crippen LogP contribution in [0.25, 0.3) is 10.9 Å². The first kappa shape index (κ1) is 16.6. The zero-order valence-electron chi connectivity index (χ0n) is 14.8. The van der Waals surface area contributed by atoms with Crippen LogP contribution in [0.15, 0.2) is 53.3 Å². The fourth-order valence-electron chi connectivity index (χ4n) is 3.65. The van der Waals surface area contributed by atoms with Crippen LogP contribution in [-0.4, -0.2) is 41.3 Å². The van der Waals surface area contributed by atoms with Gasteiger partial charge in [-0.05, 0) is 43.3 Å². The van der Waals surface area contributed by atoms with Gasteiger partial charge in [0.05, 0.1) is 37.1 Å². The number of rotatable bonds is 3. The molecule has 26 heavy (non-hydrogen) atoms. The van der Waals surface area contributed by atoms with E-state index in [9.17, 15) is 9.90 Å². The van der Waals surface area contributed by atoms with Crippen molar-refractivity contribution in [3.63, 3.8) is 0 Å². The van der Waals surface area contributed by atoms with Gasteiger partial charge in [0, 0.05) is 5.69 Å². The van der Waals surface area contributed by atoms with Crippen LogP contribution in [0.5, 0.6) is 5.75 Å². The summed E-state index contributed by atoms with van der Waals surface area (Å²) in [5.41, 5.74) is 1.81. The lowest BCUT2D eigenvalue weighted by Crippen LogP contribution is -3.14. The number of nitrogens with zero attached hydrogens (tertiary/aromatic N) is 2. The van der Waals surface area contributed by atoms with Crippen molar-refractivity contribution in [2.45, 2.75) is 13.0 Å². The van der Waals surface area contributed by atoms with Crippen molar-refractivity contribution in [3.8, 4) is 5.75 Å². The number of aromatic amines is 1. The molecule has 2 heterocycles. The predicted octanol–water partition coefficient (Wildman–Crippen LogP) is 1.09. The van der Waals surface area contributed by atoms with Crippen molar-refractivity contribution < 1.29 is 10.0 Å². The molecule has 2 aromatic carbocycles. The Bertz CT molecular complexity index is 959. The van der Waals surface area contributed by atoms with Crippen LogP contribution in [0.2, 0.25) is 0 Å². The van der Waals surface area contributed by atoms with Crippen molar-refractivity contribution in [1.82, 2.24) is 9.97 Å². The van der Waals surface area contributed by atoms with Crippen LogP contribution in [0.4, 0.5) is 5.69 Å². The molecular weight excluding hydrogens is 328 g/mol. The average molecular weight is 351 g/mol. The van der Waals surface area contributed by atoms with Gasteiger partial charge in [-0.2, -0.15) is 0 Å². The smallest absolute Gasteiger partial charge is 0.258 e. The highest BCUT2D eigenvalue weighted by Gasteiger charge is 2.27. The molecule has 1 saturated heterocycles. The minimum Gasteiger partial charge on any atom is -0.508 e. The third kappa shape index (κ3) is 3.15. The molecule has 134 valence electrons. The van der Waals surface area contributed by atoms with Gasteiger partial charge in [-0.25, -0.2) is 4.98 Å². The summed E-state index contributed by atoms with van der Waals surface area (Å²) in [5, 5.41) is 10.1. The molecule has 1 atom stereocenters. The lowest BCUT2D eigenvalue weighted by molar-refractivity contribution is -0.930.